The Bertz CT molecular complexity index is 579. The van der Waals surface area contributed by atoms with Gasteiger partial charge in [0.05, 0.1) is 4.90 Å². The predicted octanol–water partition coefficient (Wildman–Crippen LogP) is 1.68. The van der Waals surface area contributed by atoms with Gasteiger partial charge in [0.2, 0.25) is 10.0 Å². The maximum absolute atomic E-state index is 12.8. The van der Waals surface area contributed by atoms with Crippen LogP contribution in [0.25, 0.3) is 0 Å². The fraction of sp³-hybridized carbons (Fsp3) is 0.571. The summed E-state index contributed by atoms with van der Waals surface area (Å²) in [5, 5.41) is 3.24. The Morgan fingerprint density at radius 1 is 1.21 bits per heavy atom. The van der Waals surface area contributed by atoms with Crippen LogP contribution in [-0.2, 0) is 10.0 Å². The van der Waals surface area contributed by atoms with Crippen molar-refractivity contribution in [3.05, 3.63) is 29.3 Å². The molecule has 1 aromatic carbocycles. The van der Waals surface area contributed by atoms with Crippen molar-refractivity contribution < 1.29 is 8.42 Å². The normalized spacial score (nSPS) is 20.4. The molecule has 1 aliphatic heterocycles. The van der Waals surface area contributed by atoms with Crippen LogP contribution in [0.3, 0.4) is 0 Å². The molecule has 0 amide bonds. The third-order valence-electron chi connectivity index (χ3n) is 3.79. The summed E-state index contributed by atoms with van der Waals surface area (Å²) in [4.78, 5) is 0.394. The van der Waals surface area contributed by atoms with Gasteiger partial charge in [-0.15, -0.1) is 0 Å². The summed E-state index contributed by atoms with van der Waals surface area (Å²) in [5.41, 5.74) is 1.73. The second-order valence-electron chi connectivity index (χ2n) is 5.81. The summed E-state index contributed by atoms with van der Waals surface area (Å²) in [5.74, 6) is 0. The lowest BCUT2D eigenvalue weighted by Crippen LogP contribution is -2.59. The Hall–Kier alpha value is -0.910. The van der Waals surface area contributed by atoms with Crippen molar-refractivity contribution in [3.8, 4) is 0 Å². The van der Waals surface area contributed by atoms with Crippen LogP contribution in [0.5, 0.6) is 0 Å². The maximum Gasteiger partial charge on any atom is 0.243 e. The number of hydrogen-bond acceptors (Lipinski definition) is 3. The molecule has 19 heavy (non-hydrogen) atoms. The van der Waals surface area contributed by atoms with Gasteiger partial charge < -0.3 is 5.32 Å². The van der Waals surface area contributed by atoms with E-state index in [1.165, 1.54) is 0 Å². The Morgan fingerprint density at radius 2 is 1.89 bits per heavy atom. The number of sulfonamides is 1. The van der Waals surface area contributed by atoms with Gasteiger partial charge in [-0.2, -0.15) is 4.31 Å². The average Bonchev–Trinajstić information content (AvgIpc) is 2.31. The first-order chi connectivity index (χ1) is 8.75. The summed E-state index contributed by atoms with van der Waals surface area (Å²) in [6, 6.07) is 5.34. The molecule has 0 saturated carbocycles. The zero-order valence-corrected chi connectivity index (χ0v) is 12.8. The minimum atomic E-state index is -3.42. The van der Waals surface area contributed by atoms with E-state index in [4.69, 9.17) is 0 Å². The van der Waals surface area contributed by atoms with Gasteiger partial charge in [0, 0.05) is 25.2 Å². The molecule has 1 heterocycles. The molecule has 1 aliphatic rings. The highest BCUT2D eigenvalue weighted by Gasteiger charge is 2.38. The van der Waals surface area contributed by atoms with Crippen LogP contribution in [0.15, 0.2) is 23.1 Å². The average molecular weight is 282 g/mol. The molecule has 1 saturated heterocycles. The second-order valence-corrected chi connectivity index (χ2v) is 7.67. The molecule has 0 unspecified atom stereocenters. The molecule has 1 N–H and O–H groups in total. The summed E-state index contributed by atoms with van der Waals surface area (Å²) in [6.45, 7) is 9.74. The number of nitrogens with zero attached hydrogens (tertiary/aromatic N) is 1. The molecule has 5 heteroatoms. The Kier molecular flexibility index (Phi) is 3.73. The number of nitrogens with one attached hydrogen (secondary N) is 1. The van der Waals surface area contributed by atoms with Crippen LogP contribution in [0.2, 0.25) is 0 Å². The third kappa shape index (κ3) is 2.68. The highest BCUT2D eigenvalue weighted by molar-refractivity contribution is 7.89. The minimum absolute atomic E-state index is 0.393. The number of aryl methyl sites for hydroxylation is 2. The van der Waals surface area contributed by atoms with Gasteiger partial charge in [-0.3, -0.25) is 0 Å². The highest BCUT2D eigenvalue weighted by atomic mass is 32.2. The van der Waals surface area contributed by atoms with Crippen molar-refractivity contribution in [2.75, 3.05) is 19.6 Å². The van der Waals surface area contributed by atoms with Crippen LogP contribution < -0.4 is 5.32 Å². The van der Waals surface area contributed by atoms with E-state index in [0.717, 1.165) is 11.1 Å². The second kappa shape index (κ2) is 4.89. The van der Waals surface area contributed by atoms with Crippen molar-refractivity contribution in [1.82, 2.24) is 9.62 Å². The molecule has 2 rings (SSSR count). The predicted molar refractivity (Wildman–Crippen MR) is 76.8 cm³/mol. The summed E-state index contributed by atoms with van der Waals surface area (Å²) >= 11 is 0. The van der Waals surface area contributed by atoms with E-state index in [2.05, 4.69) is 5.32 Å². The van der Waals surface area contributed by atoms with E-state index < -0.39 is 15.6 Å². The molecule has 0 aliphatic carbocycles. The van der Waals surface area contributed by atoms with Crippen molar-refractivity contribution in [2.45, 2.75) is 38.1 Å². The van der Waals surface area contributed by atoms with Crippen LogP contribution in [-0.4, -0.2) is 37.9 Å². The topological polar surface area (TPSA) is 49.4 Å². The lowest BCUT2D eigenvalue weighted by Gasteiger charge is -2.41. The van der Waals surface area contributed by atoms with E-state index in [1.807, 2.05) is 33.8 Å². The van der Waals surface area contributed by atoms with Crippen molar-refractivity contribution in [1.29, 1.82) is 0 Å². The van der Waals surface area contributed by atoms with Crippen molar-refractivity contribution >= 4 is 10.0 Å². The van der Waals surface area contributed by atoms with Gasteiger partial charge in [0.25, 0.3) is 0 Å². The molecule has 0 spiro atoms. The van der Waals surface area contributed by atoms with E-state index in [1.54, 1.807) is 16.4 Å². The standard InChI is InChI=1S/C14H22N2O2S/c1-11-5-6-13(9-12(11)2)19(17,18)16-8-7-15-10-14(16,3)4/h5-6,9,15H,7-8,10H2,1-4H3. The minimum Gasteiger partial charge on any atom is -0.314 e. The van der Waals surface area contributed by atoms with Gasteiger partial charge in [0.1, 0.15) is 0 Å². The van der Waals surface area contributed by atoms with E-state index in [9.17, 15) is 8.42 Å². The number of piperazine rings is 1. The fourth-order valence-electron chi connectivity index (χ4n) is 2.41. The van der Waals surface area contributed by atoms with Gasteiger partial charge in [0.15, 0.2) is 0 Å². The number of rotatable bonds is 2. The molecular formula is C14H22N2O2S. The van der Waals surface area contributed by atoms with Gasteiger partial charge in [-0.05, 0) is 51.0 Å². The van der Waals surface area contributed by atoms with Crippen LogP contribution in [0.1, 0.15) is 25.0 Å². The fourth-order valence-corrected chi connectivity index (χ4v) is 4.28. The molecule has 0 aromatic heterocycles. The smallest absolute Gasteiger partial charge is 0.243 e. The lowest BCUT2D eigenvalue weighted by atomic mass is 10.0. The van der Waals surface area contributed by atoms with E-state index >= 15 is 0 Å². The van der Waals surface area contributed by atoms with E-state index in [-0.39, 0.29) is 0 Å². The molecule has 4 nitrogen and oxygen atoms in total. The SMILES string of the molecule is Cc1ccc(S(=O)(=O)N2CCNCC2(C)C)cc1C. The van der Waals surface area contributed by atoms with Crippen LogP contribution in [0.4, 0.5) is 0 Å². The lowest BCUT2D eigenvalue weighted by molar-refractivity contribution is 0.186. The Morgan fingerprint density at radius 3 is 2.47 bits per heavy atom. The quantitative estimate of drug-likeness (QED) is 0.898. The molecule has 106 valence electrons. The van der Waals surface area contributed by atoms with Crippen molar-refractivity contribution in [2.24, 2.45) is 0 Å². The first kappa shape index (κ1) is 14.5. The summed E-state index contributed by atoms with van der Waals surface area (Å²) in [6.07, 6.45) is 0. The third-order valence-corrected chi connectivity index (χ3v) is 5.90. The van der Waals surface area contributed by atoms with Crippen LogP contribution >= 0.6 is 0 Å². The highest BCUT2D eigenvalue weighted by Crippen LogP contribution is 2.26. The van der Waals surface area contributed by atoms with Gasteiger partial charge in [-0.25, -0.2) is 8.42 Å². The molecule has 0 radical (unpaired) electrons. The molecule has 1 aromatic rings. The first-order valence-corrected chi connectivity index (χ1v) is 8.00. The first-order valence-electron chi connectivity index (χ1n) is 6.56. The molecule has 0 atom stereocenters. The largest absolute Gasteiger partial charge is 0.314 e. The molecule has 1 fully saturated rings. The Labute approximate surface area is 115 Å². The zero-order chi connectivity index (χ0) is 14.3. The zero-order valence-electron chi connectivity index (χ0n) is 12.0. The summed E-state index contributed by atoms with van der Waals surface area (Å²) in [7, 11) is -3.42. The number of benzene rings is 1. The number of hydrogen-bond donors (Lipinski definition) is 1. The molecule has 0 bridgehead atoms. The monoisotopic (exact) mass is 282 g/mol. The van der Waals surface area contributed by atoms with Gasteiger partial charge >= 0.3 is 0 Å². The summed E-state index contributed by atoms with van der Waals surface area (Å²) < 4.78 is 27.1. The van der Waals surface area contributed by atoms with E-state index in [0.29, 0.717) is 24.5 Å². The Balaban J connectivity index is 2.44. The van der Waals surface area contributed by atoms with Crippen LogP contribution in [0, 0.1) is 13.8 Å². The van der Waals surface area contributed by atoms with Gasteiger partial charge in [-0.1, -0.05) is 6.07 Å². The maximum atomic E-state index is 12.8. The van der Waals surface area contributed by atoms with Crippen molar-refractivity contribution in [3.63, 3.8) is 0 Å². The molecular weight excluding hydrogens is 260 g/mol.